The standard InChI is InChI=1S/C17H19N5O/c1-22-15(20-21-16(22)12-3-2-4-12)10-19-17(23)13-6-5-11-7-8-18-14(11)9-13/h5-9,12,18H,2-4,10H2,1H3,(H,19,23). The first-order valence-corrected chi connectivity index (χ1v) is 7.96. The van der Waals surface area contributed by atoms with Gasteiger partial charge in [0.1, 0.15) is 5.82 Å². The molecule has 1 aliphatic rings. The maximum atomic E-state index is 12.3. The largest absolute Gasteiger partial charge is 0.361 e. The van der Waals surface area contributed by atoms with E-state index in [1.165, 1.54) is 19.3 Å². The molecule has 1 aliphatic carbocycles. The van der Waals surface area contributed by atoms with Crippen LogP contribution in [-0.4, -0.2) is 25.7 Å². The van der Waals surface area contributed by atoms with Gasteiger partial charge in [0.05, 0.1) is 6.54 Å². The molecular formula is C17H19N5O. The fraction of sp³-hybridized carbons (Fsp3) is 0.353. The Labute approximate surface area is 133 Å². The van der Waals surface area contributed by atoms with Gasteiger partial charge < -0.3 is 14.9 Å². The van der Waals surface area contributed by atoms with E-state index in [4.69, 9.17) is 0 Å². The maximum Gasteiger partial charge on any atom is 0.251 e. The lowest BCUT2D eigenvalue weighted by atomic mass is 9.85. The SMILES string of the molecule is Cn1c(CNC(=O)c2ccc3cc[nH]c3c2)nnc1C1CCC1. The molecule has 0 saturated heterocycles. The van der Waals surface area contributed by atoms with Crippen LogP contribution in [0.5, 0.6) is 0 Å². The monoisotopic (exact) mass is 309 g/mol. The second-order valence-electron chi connectivity index (χ2n) is 6.12. The second-order valence-corrected chi connectivity index (χ2v) is 6.12. The summed E-state index contributed by atoms with van der Waals surface area (Å²) in [6, 6.07) is 7.62. The predicted molar refractivity (Wildman–Crippen MR) is 87.1 cm³/mol. The van der Waals surface area contributed by atoms with Gasteiger partial charge in [0, 0.05) is 30.2 Å². The van der Waals surface area contributed by atoms with Crippen LogP contribution >= 0.6 is 0 Å². The number of benzene rings is 1. The smallest absolute Gasteiger partial charge is 0.251 e. The highest BCUT2D eigenvalue weighted by atomic mass is 16.1. The normalized spacial score (nSPS) is 14.8. The average molecular weight is 309 g/mol. The number of carbonyl (C=O) groups is 1. The van der Waals surface area contributed by atoms with Crippen LogP contribution in [0.25, 0.3) is 10.9 Å². The fourth-order valence-corrected chi connectivity index (χ4v) is 3.00. The molecule has 4 rings (SSSR count). The van der Waals surface area contributed by atoms with Gasteiger partial charge in [0.25, 0.3) is 5.91 Å². The van der Waals surface area contributed by atoms with E-state index < -0.39 is 0 Å². The lowest BCUT2D eigenvalue weighted by Gasteiger charge is -2.24. The van der Waals surface area contributed by atoms with Gasteiger partial charge in [0.15, 0.2) is 5.82 Å². The van der Waals surface area contributed by atoms with Crippen LogP contribution in [0, 0.1) is 0 Å². The summed E-state index contributed by atoms with van der Waals surface area (Å²) in [5.41, 5.74) is 1.60. The van der Waals surface area contributed by atoms with Gasteiger partial charge in [0.2, 0.25) is 0 Å². The number of carbonyl (C=O) groups excluding carboxylic acids is 1. The van der Waals surface area contributed by atoms with Crippen LogP contribution in [-0.2, 0) is 13.6 Å². The minimum absolute atomic E-state index is 0.102. The van der Waals surface area contributed by atoms with Gasteiger partial charge >= 0.3 is 0 Å². The third-order valence-corrected chi connectivity index (χ3v) is 4.69. The van der Waals surface area contributed by atoms with E-state index >= 15 is 0 Å². The van der Waals surface area contributed by atoms with Gasteiger partial charge in [-0.3, -0.25) is 4.79 Å². The quantitative estimate of drug-likeness (QED) is 0.777. The molecule has 1 aromatic carbocycles. The molecule has 23 heavy (non-hydrogen) atoms. The minimum Gasteiger partial charge on any atom is -0.361 e. The summed E-state index contributed by atoms with van der Waals surface area (Å²) in [6.07, 6.45) is 5.52. The van der Waals surface area contributed by atoms with Crippen molar-refractivity contribution >= 4 is 16.8 Å². The van der Waals surface area contributed by atoms with E-state index in [0.29, 0.717) is 18.0 Å². The van der Waals surface area contributed by atoms with E-state index in [-0.39, 0.29) is 5.91 Å². The first kappa shape index (κ1) is 14.0. The Morgan fingerprint density at radius 1 is 1.35 bits per heavy atom. The molecule has 2 heterocycles. The molecule has 0 aliphatic heterocycles. The third-order valence-electron chi connectivity index (χ3n) is 4.69. The van der Waals surface area contributed by atoms with E-state index in [9.17, 15) is 4.79 Å². The second kappa shape index (κ2) is 5.53. The van der Waals surface area contributed by atoms with Crippen molar-refractivity contribution in [1.29, 1.82) is 0 Å². The molecule has 0 atom stereocenters. The molecular weight excluding hydrogens is 290 g/mol. The molecule has 3 aromatic rings. The highest BCUT2D eigenvalue weighted by molar-refractivity contribution is 5.97. The van der Waals surface area contributed by atoms with E-state index in [1.807, 2.05) is 42.1 Å². The zero-order valence-electron chi connectivity index (χ0n) is 13.0. The van der Waals surface area contributed by atoms with Crippen LogP contribution in [0.2, 0.25) is 0 Å². The van der Waals surface area contributed by atoms with Gasteiger partial charge in [-0.1, -0.05) is 12.5 Å². The zero-order chi connectivity index (χ0) is 15.8. The summed E-state index contributed by atoms with van der Waals surface area (Å²) in [5.74, 6) is 2.26. The maximum absolute atomic E-state index is 12.3. The first-order chi connectivity index (χ1) is 11.2. The number of hydrogen-bond donors (Lipinski definition) is 2. The molecule has 0 spiro atoms. The van der Waals surface area contributed by atoms with E-state index in [1.54, 1.807) is 0 Å². The number of amides is 1. The number of aromatic nitrogens is 4. The summed E-state index contributed by atoms with van der Waals surface area (Å²) < 4.78 is 2.01. The van der Waals surface area contributed by atoms with Crippen LogP contribution in [0.1, 0.15) is 47.2 Å². The lowest BCUT2D eigenvalue weighted by Crippen LogP contribution is -2.25. The van der Waals surface area contributed by atoms with E-state index in [0.717, 1.165) is 22.6 Å². The topological polar surface area (TPSA) is 75.6 Å². The summed E-state index contributed by atoms with van der Waals surface area (Å²) in [4.78, 5) is 15.4. The first-order valence-electron chi connectivity index (χ1n) is 7.96. The Kier molecular flexibility index (Phi) is 3.37. The van der Waals surface area contributed by atoms with Crippen LogP contribution in [0.3, 0.4) is 0 Å². The zero-order valence-corrected chi connectivity index (χ0v) is 13.0. The Balaban J connectivity index is 1.45. The molecule has 118 valence electrons. The Hall–Kier alpha value is -2.63. The molecule has 6 nitrogen and oxygen atoms in total. The number of hydrogen-bond acceptors (Lipinski definition) is 3. The molecule has 2 aromatic heterocycles. The number of fused-ring (bicyclic) bond motifs is 1. The van der Waals surface area contributed by atoms with Crippen molar-refractivity contribution in [2.45, 2.75) is 31.7 Å². The molecule has 2 N–H and O–H groups in total. The number of H-pyrrole nitrogens is 1. The number of rotatable bonds is 4. The van der Waals surface area contributed by atoms with Crippen molar-refractivity contribution in [2.75, 3.05) is 0 Å². The molecule has 1 saturated carbocycles. The summed E-state index contributed by atoms with van der Waals surface area (Å²) >= 11 is 0. The predicted octanol–water partition coefficient (Wildman–Crippen LogP) is 2.49. The summed E-state index contributed by atoms with van der Waals surface area (Å²) in [6.45, 7) is 0.387. The Morgan fingerprint density at radius 3 is 3.00 bits per heavy atom. The van der Waals surface area contributed by atoms with Gasteiger partial charge in [-0.15, -0.1) is 10.2 Å². The van der Waals surface area contributed by atoms with E-state index in [2.05, 4.69) is 20.5 Å². The van der Waals surface area contributed by atoms with Crippen molar-refractivity contribution < 1.29 is 4.79 Å². The Bertz CT molecular complexity index is 859. The number of aromatic amines is 1. The van der Waals surface area contributed by atoms with Crippen molar-refractivity contribution in [3.63, 3.8) is 0 Å². The molecule has 0 unspecified atom stereocenters. The fourth-order valence-electron chi connectivity index (χ4n) is 3.00. The molecule has 0 radical (unpaired) electrons. The summed E-state index contributed by atoms with van der Waals surface area (Å²) in [5, 5.41) is 12.5. The number of nitrogens with zero attached hydrogens (tertiary/aromatic N) is 3. The highest BCUT2D eigenvalue weighted by Gasteiger charge is 2.25. The van der Waals surface area contributed by atoms with Crippen LogP contribution < -0.4 is 5.32 Å². The van der Waals surface area contributed by atoms with Gasteiger partial charge in [-0.05, 0) is 36.4 Å². The van der Waals surface area contributed by atoms with Crippen molar-refractivity contribution in [3.8, 4) is 0 Å². The van der Waals surface area contributed by atoms with Crippen molar-refractivity contribution in [1.82, 2.24) is 25.1 Å². The minimum atomic E-state index is -0.102. The third kappa shape index (κ3) is 2.50. The molecule has 1 fully saturated rings. The summed E-state index contributed by atoms with van der Waals surface area (Å²) in [7, 11) is 1.97. The highest BCUT2D eigenvalue weighted by Crippen LogP contribution is 2.35. The van der Waals surface area contributed by atoms with Gasteiger partial charge in [-0.25, -0.2) is 0 Å². The average Bonchev–Trinajstić information content (AvgIpc) is 3.10. The van der Waals surface area contributed by atoms with Crippen molar-refractivity contribution in [2.24, 2.45) is 7.05 Å². The van der Waals surface area contributed by atoms with Crippen LogP contribution in [0.15, 0.2) is 30.5 Å². The van der Waals surface area contributed by atoms with Gasteiger partial charge in [-0.2, -0.15) is 0 Å². The Morgan fingerprint density at radius 2 is 2.22 bits per heavy atom. The molecule has 6 heteroatoms. The molecule has 1 amide bonds. The number of nitrogens with one attached hydrogen (secondary N) is 2. The van der Waals surface area contributed by atoms with Crippen LogP contribution in [0.4, 0.5) is 0 Å². The molecule has 0 bridgehead atoms. The van der Waals surface area contributed by atoms with Crippen molar-refractivity contribution in [3.05, 3.63) is 47.7 Å². The lowest BCUT2D eigenvalue weighted by molar-refractivity contribution is 0.0949.